The van der Waals surface area contributed by atoms with Gasteiger partial charge in [0.2, 0.25) is 0 Å². The van der Waals surface area contributed by atoms with Crippen LogP contribution in [-0.2, 0) is 6.54 Å². The molecule has 6 heteroatoms. The Morgan fingerprint density at radius 1 is 0.880 bits per heavy atom. The van der Waals surface area contributed by atoms with Crippen molar-refractivity contribution in [3.8, 4) is 0 Å². The number of aryl methyl sites for hydroxylation is 1. The van der Waals surface area contributed by atoms with Crippen LogP contribution < -0.4 is 15.8 Å². The Balaban J connectivity index is 1.85. The van der Waals surface area contributed by atoms with Crippen LogP contribution >= 0.6 is 0 Å². The van der Waals surface area contributed by atoms with E-state index in [1.165, 1.54) is 4.90 Å². The molecule has 2 rings (SSSR count). The van der Waals surface area contributed by atoms with E-state index >= 15 is 0 Å². The zero-order valence-corrected chi connectivity index (χ0v) is 15.0. The minimum Gasteiger partial charge on any atom is -0.378 e. The molecule has 0 aliphatic rings. The van der Waals surface area contributed by atoms with E-state index in [2.05, 4.69) is 10.9 Å². The second kappa shape index (κ2) is 8.19. The molecule has 0 aliphatic carbocycles. The SMILES string of the molecule is Cc1ccc(C(=O)NNC(=O)N(C)Cc2ccc(N(C)C)cc2)cc1. The van der Waals surface area contributed by atoms with Crippen LogP contribution in [0.3, 0.4) is 0 Å². The molecule has 0 aromatic heterocycles. The Hall–Kier alpha value is -3.02. The van der Waals surface area contributed by atoms with Crippen molar-refractivity contribution < 1.29 is 9.59 Å². The third kappa shape index (κ3) is 5.24. The predicted octanol–water partition coefficient (Wildman–Crippen LogP) is 2.55. The normalized spacial score (nSPS) is 10.1. The Morgan fingerprint density at radius 3 is 2.04 bits per heavy atom. The van der Waals surface area contributed by atoms with Gasteiger partial charge in [-0.1, -0.05) is 29.8 Å². The maximum Gasteiger partial charge on any atom is 0.336 e. The van der Waals surface area contributed by atoms with Crippen LogP contribution in [0.25, 0.3) is 0 Å². The standard InChI is InChI=1S/C19H24N4O2/c1-14-5-9-16(10-6-14)18(24)20-21-19(25)23(4)13-15-7-11-17(12-8-15)22(2)3/h5-12H,13H2,1-4H3,(H,20,24)(H,21,25). The molecule has 0 saturated heterocycles. The Kier molecular flexibility index (Phi) is 6.00. The van der Waals surface area contributed by atoms with E-state index < -0.39 is 0 Å². The van der Waals surface area contributed by atoms with Crippen LogP contribution in [0, 0.1) is 6.92 Å². The summed E-state index contributed by atoms with van der Waals surface area (Å²) in [6.45, 7) is 2.39. The lowest BCUT2D eigenvalue weighted by Gasteiger charge is -2.19. The van der Waals surface area contributed by atoms with Gasteiger partial charge < -0.3 is 9.80 Å². The highest BCUT2D eigenvalue weighted by molar-refractivity contribution is 5.95. The molecule has 25 heavy (non-hydrogen) atoms. The van der Waals surface area contributed by atoms with Gasteiger partial charge in [0.25, 0.3) is 5.91 Å². The number of rotatable bonds is 4. The summed E-state index contributed by atoms with van der Waals surface area (Å²) in [6, 6.07) is 14.7. The van der Waals surface area contributed by atoms with Crippen LogP contribution in [-0.4, -0.2) is 38.0 Å². The molecule has 0 unspecified atom stereocenters. The van der Waals surface area contributed by atoms with Crippen LogP contribution in [0.4, 0.5) is 10.5 Å². The molecule has 0 radical (unpaired) electrons. The van der Waals surface area contributed by atoms with Gasteiger partial charge >= 0.3 is 6.03 Å². The van der Waals surface area contributed by atoms with E-state index in [4.69, 9.17) is 0 Å². The van der Waals surface area contributed by atoms with Gasteiger partial charge in [-0.3, -0.25) is 10.2 Å². The number of hydrazine groups is 1. The summed E-state index contributed by atoms with van der Waals surface area (Å²) >= 11 is 0. The molecular weight excluding hydrogens is 316 g/mol. The lowest BCUT2D eigenvalue weighted by Crippen LogP contribution is -2.47. The van der Waals surface area contributed by atoms with Gasteiger partial charge in [-0.25, -0.2) is 10.2 Å². The van der Waals surface area contributed by atoms with E-state index in [0.717, 1.165) is 16.8 Å². The summed E-state index contributed by atoms with van der Waals surface area (Å²) in [6.07, 6.45) is 0. The van der Waals surface area contributed by atoms with Gasteiger partial charge in [-0.2, -0.15) is 0 Å². The molecule has 2 aromatic carbocycles. The quantitative estimate of drug-likeness (QED) is 0.841. The molecule has 2 aromatic rings. The van der Waals surface area contributed by atoms with Crippen molar-refractivity contribution in [1.29, 1.82) is 0 Å². The first-order chi connectivity index (χ1) is 11.9. The number of nitrogens with zero attached hydrogens (tertiary/aromatic N) is 2. The maximum atomic E-state index is 12.1. The second-order valence-electron chi connectivity index (χ2n) is 6.17. The highest BCUT2D eigenvalue weighted by atomic mass is 16.2. The average molecular weight is 340 g/mol. The van der Waals surface area contributed by atoms with Crippen LogP contribution in [0.1, 0.15) is 21.5 Å². The first-order valence-electron chi connectivity index (χ1n) is 8.01. The molecule has 6 nitrogen and oxygen atoms in total. The van der Waals surface area contributed by atoms with Crippen molar-refractivity contribution >= 4 is 17.6 Å². The number of urea groups is 1. The number of hydrogen-bond acceptors (Lipinski definition) is 3. The number of carbonyl (C=O) groups is 2. The summed E-state index contributed by atoms with van der Waals surface area (Å²) in [5.41, 5.74) is 8.52. The summed E-state index contributed by atoms with van der Waals surface area (Å²) in [7, 11) is 5.63. The minimum absolute atomic E-state index is 0.350. The van der Waals surface area contributed by atoms with Gasteiger partial charge in [0.1, 0.15) is 0 Å². The third-order valence-electron chi connectivity index (χ3n) is 3.82. The van der Waals surface area contributed by atoms with Gasteiger partial charge in [0, 0.05) is 38.9 Å². The maximum absolute atomic E-state index is 12.1. The fraction of sp³-hybridized carbons (Fsp3) is 0.263. The van der Waals surface area contributed by atoms with Gasteiger partial charge in [0.15, 0.2) is 0 Å². The van der Waals surface area contributed by atoms with Crippen LogP contribution in [0.15, 0.2) is 48.5 Å². The molecule has 132 valence electrons. The smallest absolute Gasteiger partial charge is 0.336 e. The summed E-state index contributed by atoms with van der Waals surface area (Å²) < 4.78 is 0. The molecule has 0 fully saturated rings. The minimum atomic E-state index is -0.378. The van der Waals surface area contributed by atoms with Gasteiger partial charge in [-0.05, 0) is 36.8 Å². The summed E-state index contributed by atoms with van der Waals surface area (Å²) in [5, 5.41) is 0. The summed E-state index contributed by atoms with van der Waals surface area (Å²) in [5.74, 6) is -0.350. The number of nitrogens with one attached hydrogen (secondary N) is 2. The molecule has 0 saturated carbocycles. The lowest BCUT2D eigenvalue weighted by atomic mass is 10.1. The number of anilines is 1. The molecule has 0 heterocycles. The molecular formula is C19H24N4O2. The highest BCUT2D eigenvalue weighted by Gasteiger charge is 2.11. The molecule has 0 spiro atoms. The number of hydrogen-bond donors (Lipinski definition) is 2. The van der Waals surface area contributed by atoms with E-state index in [0.29, 0.717) is 12.1 Å². The van der Waals surface area contributed by atoms with Crippen molar-refractivity contribution in [1.82, 2.24) is 15.8 Å². The van der Waals surface area contributed by atoms with Gasteiger partial charge in [-0.15, -0.1) is 0 Å². The lowest BCUT2D eigenvalue weighted by molar-refractivity contribution is 0.0931. The number of carbonyl (C=O) groups excluding carboxylic acids is 2. The Morgan fingerprint density at radius 2 is 1.48 bits per heavy atom. The van der Waals surface area contributed by atoms with Crippen molar-refractivity contribution in [2.24, 2.45) is 0 Å². The largest absolute Gasteiger partial charge is 0.378 e. The third-order valence-corrected chi connectivity index (χ3v) is 3.82. The molecule has 0 aliphatic heterocycles. The second-order valence-corrected chi connectivity index (χ2v) is 6.17. The first-order valence-corrected chi connectivity index (χ1v) is 8.01. The fourth-order valence-corrected chi connectivity index (χ4v) is 2.23. The van der Waals surface area contributed by atoms with Crippen LogP contribution in [0.2, 0.25) is 0 Å². The first kappa shape index (κ1) is 18.3. The zero-order chi connectivity index (χ0) is 18.4. The Bertz CT molecular complexity index is 724. The molecule has 0 bridgehead atoms. The zero-order valence-electron chi connectivity index (χ0n) is 15.0. The van der Waals surface area contributed by atoms with Crippen molar-refractivity contribution in [2.75, 3.05) is 26.0 Å². The predicted molar refractivity (Wildman–Crippen MR) is 99.4 cm³/mol. The fourth-order valence-electron chi connectivity index (χ4n) is 2.23. The van der Waals surface area contributed by atoms with E-state index in [1.54, 1.807) is 19.2 Å². The van der Waals surface area contributed by atoms with Crippen LogP contribution in [0.5, 0.6) is 0 Å². The van der Waals surface area contributed by atoms with Crippen molar-refractivity contribution in [3.63, 3.8) is 0 Å². The van der Waals surface area contributed by atoms with Crippen molar-refractivity contribution in [2.45, 2.75) is 13.5 Å². The molecule has 0 atom stereocenters. The van der Waals surface area contributed by atoms with Gasteiger partial charge in [0.05, 0.1) is 0 Å². The monoisotopic (exact) mass is 340 g/mol. The number of benzene rings is 2. The van der Waals surface area contributed by atoms with E-state index in [-0.39, 0.29) is 11.9 Å². The molecule has 3 amide bonds. The Labute approximate surface area is 148 Å². The number of amides is 3. The topological polar surface area (TPSA) is 64.7 Å². The van der Waals surface area contributed by atoms with E-state index in [9.17, 15) is 9.59 Å². The highest BCUT2D eigenvalue weighted by Crippen LogP contribution is 2.13. The molecule has 2 N–H and O–H groups in total. The summed E-state index contributed by atoms with van der Waals surface area (Å²) in [4.78, 5) is 27.6. The van der Waals surface area contributed by atoms with Crippen molar-refractivity contribution in [3.05, 3.63) is 65.2 Å². The average Bonchev–Trinajstić information content (AvgIpc) is 2.60. The van der Waals surface area contributed by atoms with E-state index in [1.807, 2.05) is 62.3 Å².